The highest BCUT2D eigenvalue weighted by Gasteiger charge is 2.82. The molecule has 1 nitrogen and oxygen atoms in total. The number of alkyl halides is 9. The molecule has 0 spiro atoms. The molecule has 0 fully saturated rings. The maximum Gasteiger partial charge on any atom is 0.460 e. The standard InChI is InChI=1S/C20H15F9O/c1-16(14-10-6-3-7-11-14,15(30)13-8-4-2-5-9-13)12-17(21,22)18(23,24)19(25,26)20(27,28)29/h2-11H,12H2,1H3. The molecule has 2 aromatic rings. The van der Waals surface area contributed by atoms with Gasteiger partial charge in [0.2, 0.25) is 0 Å². The van der Waals surface area contributed by atoms with Crippen molar-refractivity contribution in [3.05, 3.63) is 71.8 Å². The van der Waals surface area contributed by atoms with Crippen LogP contribution in [0.1, 0.15) is 29.3 Å². The van der Waals surface area contributed by atoms with Gasteiger partial charge in [-0.05, 0) is 12.5 Å². The molecule has 0 heterocycles. The molecule has 164 valence electrons. The van der Waals surface area contributed by atoms with Crippen LogP contribution in [0.5, 0.6) is 0 Å². The topological polar surface area (TPSA) is 17.1 Å². The Kier molecular flexibility index (Phi) is 6.04. The van der Waals surface area contributed by atoms with Crippen LogP contribution in [0, 0.1) is 0 Å². The van der Waals surface area contributed by atoms with E-state index in [1.165, 1.54) is 48.5 Å². The summed E-state index contributed by atoms with van der Waals surface area (Å²) in [7, 11) is 0. The van der Waals surface area contributed by atoms with Gasteiger partial charge in [0.25, 0.3) is 0 Å². The molecule has 0 N–H and O–H groups in total. The number of rotatable bonds is 7. The summed E-state index contributed by atoms with van der Waals surface area (Å²) < 4.78 is 120. The van der Waals surface area contributed by atoms with Crippen molar-refractivity contribution in [2.75, 3.05) is 0 Å². The van der Waals surface area contributed by atoms with Crippen molar-refractivity contribution < 1.29 is 44.3 Å². The molecule has 10 heteroatoms. The van der Waals surface area contributed by atoms with E-state index in [4.69, 9.17) is 0 Å². The zero-order valence-corrected chi connectivity index (χ0v) is 15.3. The number of Topliss-reactive ketones (excluding diaryl/α,β-unsaturated/α-hetero) is 1. The molecule has 0 amide bonds. The number of carbonyl (C=O) groups excluding carboxylic acids is 1. The van der Waals surface area contributed by atoms with E-state index < -0.39 is 41.6 Å². The molecular weight excluding hydrogens is 427 g/mol. The van der Waals surface area contributed by atoms with Crippen molar-refractivity contribution in [3.8, 4) is 0 Å². The lowest BCUT2D eigenvalue weighted by atomic mass is 9.71. The quantitative estimate of drug-likeness (QED) is 0.345. The van der Waals surface area contributed by atoms with E-state index in [2.05, 4.69) is 0 Å². The lowest BCUT2D eigenvalue weighted by Crippen LogP contribution is -2.62. The number of halogens is 9. The van der Waals surface area contributed by atoms with Gasteiger partial charge < -0.3 is 0 Å². The van der Waals surface area contributed by atoms with Crippen LogP contribution in [0.3, 0.4) is 0 Å². The van der Waals surface area contributed by atoms with Gasteiger partial charge in [-0.25, -0.2) is 0 Å². The second-order valence-electron chi connectivity index (χ2n) is 6.92. The zero-order valence-electron chi connectivity index (χ0n) is 15.3. The van der Waals surface area contributed by atoms with Crippen molar-refractivity contribution in [2.24, 2.45) is 0 Å². The Morgan fingerprint density at radius 3 is 1.57 bits per heavy atom. The highest BCUT2D eigenvalue weighted by Crippen LogP contribution is 2.56. The lowest BCUT2D eigenvalue weighted by Gasteiger charge is -2.38. The second kappa shape index (κ2) is 7.63. The minimum atomic E-state index is -7.02. The number of hydrogen-bond donors (Lipinski definition) is 0. The molecule has 0 saturated carbocycles. The van der Waals surface area contributed by atoms with Gasteiger partial charge in [-0.1, -0.05) is 60.7 Å². The Labute approximate surface area is 165 Å². The molecular formula is C20H15F9O. The summed E-state index contributed by atoms with van der Waals surface area (Å²) in [5, 5.41) is 0. The average molecular weight is 442 g/mol. The van der Waals surface area contributed by atoms with E-state index in [1.54, 1.807) is 0 Å². The van der Waals surface area contributed by atoms with Crippen LogP contribution in [0.15, 0.2) is 60.7 Å². The third-order valence-electron chi connectivity index (χ3n) is 4.73. The summed E-state index contributed by atoms with van der Waals surface area (Å²) in [5.41, 5.74) is -2.98. The predicted octanol–water partition coefficient (Wildman–Crippen LogP) is 6.69. The van der Waals surface area contributed by atoms with Crippen LogP contribution < -0.4 is 0 Å². The fourth-order valence-electron chi connectivity index (χ4n) is 2.99. The summed E-state index contributed by atoms with van der Waals surface area (Å²) in [4.78, 5) is 12.9. The molecule has 0 aliphatic rings. The van der Waals surface area contributed by atoms with Gasteiger partial charge in [-0.15, -0.1) is 0 Å². The maximum atomic E-state index is 14.4. The third-order valence-corrected chi connectivity index (χ3v) is 4.73. The first-order valence-corrected chi connectivity index (χ1v) is 8.43. The van der Waals surface area contributed by atoms with Crippen LogP contribution in [0.4, 0.5) is 39.5 Å². The van der Waals surface area contributed by atoms with E-state index in [1.807, 2.05) is 0 Å². The van der Waals surface area contributed by atoms with Gasteiger partial charge in [0.05, 0.1) is 5.41 Å². The molecule has 2 rings (SSSR count). The summed E-state index contributed by atoms with van der Waals surface area (Å²) in [6.45, 7) is 0.799. The van der Waals surface area contributed by atoms with Gasteiger partial charge in [0.1, 0.15) is 0 Å². The highest BCUT2D eigenvalue weighted by atomic mass is 19.4. The first kappa shape index (κ1) is 23.8. The molecule has 30 heavy (non-hydrogen) atoms. The first-order chi connectivity index (χ1) is 13.6. The second-order valence-corrected chi connectivity index (χ2v) is 6.92. The fraction of sp³-hybridized carbons (Fsp3) is 0.350. The monoisotopic (exact) mass is 442 g/mol. The van der Waals surface area contributed by atoms with Gasteiger partial charge >= 0.3 is 23.9 Å². The summed E-state index contributed by atoms with van der Waals surface area (Å²) >= 11 is 0. The lowest BCUT2D eigenvalue weighted by molar-refractivity contribution is -0.397. The minimum absolute atomic E-state index is 0.203. The SMILES string of the molecule is CC(CC(F)(F)C(F)(F)C(F)(F)C(F)(F)F)(C(=O)c1ccccc1)c1ccccc1. The first-order valence-electron chi connectivity index (χ1n) is 8.43. The van der Waals surface area contributed by atoms with Gasteiger partial charge in [-0.2, -0.15) is 39.5 Å². The summed E-state index contributed by atoms with van der Waals surface area (Å²) in [5.74, 6) is -20.8. The van der Waals surface area contributed by atoms with Crippen LogP contribution in [0.25, 0.3) is 0 Å². The van der Waals surface area contributed by atoms with E-state index >= 15 is 0 Å². The maximum absolute atomic E-state index is 14.4. The molecule has 2 aromatic carbocycles. The van der Waals surface area contributed by atoms with Crippen molar-refractivity contribution in [1.29, 1.82) is 0 Å². The smallest absolute Gasteiger partial charge is 0.293 e. The fourth-order valence-corrected chi connectivity index (χ4v) is 2.99. The Bertz CT molecular complexity index is 876. The molecule has 0 aliphatic heterocycles. The third kappa shape index (κ3) is 3.91. The minimum Gasteiger partial charge on any atom is -0.293 e. The van der Waals surface area contributed by atoms with Crippen molar-refractivity contribution in [1.82, 2.24) is 0 Å². The van der Waals surface area contributed by atoms with Crippen LogP contribution in [-0.2, 0) is 5.41 Å². The number of hydrogen-bond acceptors (Lipinski definition) is 1. The largest absolute Gasteiger partial charge is 0.460 e. The summed E-state index contributed by atoms with van der Waals surface area (Å²) in [6, 6.07) is 12.8. The molecule has 1 unspecified atom stereocenters. The summed E-state index contributed by atoms with van der Waals surface area (Å²) in [6.07, 6.45) is -9.21. The molecule has 0 aromatic heterocycles. The van der Waals surface area contributed by atoms with Crippen LogP contribution >= 0.6 is 0 Å². The van der Waals surface area contributed by atoms with Gasteiger partial charge in [-0.3, -0.25) is 4.79 Å². The molecule has 1 atom stereocenters. The van der Waals surface area contributed by atoms with Crippen molar-refractivity contribution in [3.63, 3.8) is 0 Å². The molecule has 0 radical (unpaired) electrons. The highest BCUT2D eigenvalue weighted by molar-refractivity contribution is 6.03. The van der Waals surface area contributed by atoms with E-state index in [0.29, 0.717) is 0 Å². The van der Waals surface area contributed by atoms with Crippen molar-refractivity contribution in [2.45, 2.75) is 42.7 Å². The van der Waals surface area contributed by atoms with E-state index in [0.717, 1.165) is 19.1 Å². The van der Waals surface area contributed by atoms with Crippen LogP contribution in [-0.4, -0.2) is 29.7 Å². The Morgan fingerprint density at radius 2 is 1.13 bits per heavy atom. The number of carbonyl (C=O) groups is 1. The van der Waals surface area contributed by atoms with Gasteiger partial charge in [0.15, 0.2) is 5.78 Å². The zero-order chi connectivity index (χ0) is 23.0. The molecule has 0 bridgehead atoms. The normalized spacial score (nSPS) is 15.5. The molecule has 0 aliphatic carbocycles. The Morgan fingerprint density at radius 1 is 0.700 bits per heavy atom. The number of ketones is 1. The Balaban J connectivity index is 2.60. The van der Waals surface area contributed by atoms with E-state index in [9.17, 15) is 44.3 Å². The average Bonchev–Trinajstić information content (AvgIpc) is 2.67. The van der Waals surface area contributed by atoms with E-state index in [-0.39, 0.29) is 11.1 Å². The number of benzene rings is 2. The Hall–Kier alpha value is -2.52. The van der Waals surface area contributed by atoms with Crippen molar-refractivity contribution >= 4 is 5.78 Å². The predicted molar refractivity (Wildman–Crippen MR) is 90.1 cm³/mol. The molecule has 0 saturated heterocycles. The van der Waals surface area contributed by atoms with Gasteiger partial charge in [0, 0.05) is 12.0 Å². The van der Waals surface area contributed by atoms with Crippen LogP contribution in [0.2, 0.25) is 0 Å².